The molecule has 16 heavy (non-hydrogen) atoms. The lowest BCUT2D eigenvalue weighted by Crippen LogP contribution is -1.96. The van der Waals surface area contributed by atoms with Crippen LogP contribution in [0.1, 0.15) is 25.0 Å². The van der Waals surface area contributed by atoms with Gasteiger partial charge in [-0.15, -0.1) is 11.3 Å². The van der Waals surface area contributed by atoms with E-state index in [2.05, 4.69) is 17.5 Å². The van der Waals surface area contributed by atoms with E-state index in [0.29, 0.717) is 0 Å². The van der Waals surface area contributed by atoms with Crippen LogP contribution in [-0.4, -0.2) is 5.11 Å². The minimum Gasteiger partial charge on any atom is -0.388 e. The van der Waals surface area contributed by atoms with Crippen molar-refractivity contribution >= 4 is 23.1 Å². The predicted molar refractivity (Wildman–Crippen MR) is 70.1 cm³/mol. The summed E-state index contributed by atoms with van der Waals surface area (Å²) in [5.74, 6) is 0. The van der Waals surface area contributed by atoms with Crippen LogP contribution >= 0.6 is 23.1 Å². The Hall–Kier alpha value is -0.770. The standard InChI is InChI=1S/C13H14OS2/c1-2-11(14)10-6-3-4-7-12(10)16-13-8-5-9-15-13/h3-9,11,14H,2H2,1H3/t11-/m0/s1. The molecule has 1 aromatic carbocycles. The van der Waals surface area contributed by atoms with E-state index < -0.39 is 0 Å². The summed E-state index contributed by atoms with van der Waals surface area (Å²) in [6.45, 7) is 2.00. The summed E-state index contributed by atoms with van der Waals surface area (Å²) in [5, 5.41) is 12.0. The number of rotatable bonds is 4. The molecule has 0 aliphatic heterocycles. The molecule has 2 rings (SSSR count). The van der Waals surface area contributed by atoms with Gasteiger partial charge in [-0.1, -0.05) is 43.0 Å². The zero-order chi connectivity index (χ0) is 11.4. The Bertz CT molecular complexity index is 437. The van der Waals surface area contributed by atoms with Crippen molar-refractivity contribution in [2.24, 2.45) is 0 Å². The van der Waals surface area contributed by atoms with Gasteiger partial charge in [0.05, 0.1) is 10.3 Å². The zero-order valence-corrected chi connectivity index (χ0v) is 10.7. The molecule has 1 N–H and O–H groups in total. The first-order valence-corrected chi connectivity index (χ1v) is 6.99. The lowest BCUT2D eigenvalue weighted by molar-refractivity contribution is 0.171. The average Bonchev–Trinajstić information content (AvgIpc) is 2.82. The van der Waals surface area contributed by atoms with Crippen molar-refractivity contribution in [2.45, 2.75) is 28.6 Å². The highest BCUT2D eigenvalue weighted by Gasteiger charge is 2.10. The van der Waals surface area contributed by atoms with Crippen LogP contribution in [0, 0.1) is 0 Å². The zero-order valence-electron chi connectivity index (χ0n) is 9.09. The Morgan fingerprint density at radius 1 is 1.25 bits per heavy atom. The monoisotopic (exact) mass is 250 g/mol. The molecule has 84 valence electrons. The molecule has 0 aliphatic rings. The first-order valence-electron chi connectivity index (χ1n) is 5.29. The van der Waals surface area contributed by atoms with Crippen LogP contribution in [0.3, 0.4) is 0 Å². The maximum atomic E-state index is 9.93. The second kappa shape index (κ2) is 5.53. The van der Waals surface area contributed by atoms with Crippen LogP contribution in [0.5, 0.6) is 0 Å². The van der Waals surface area contributed by atoms with Crippen LogP contribution in [0.4, 0.5) is 0 Å². The van der Waals surface area contributed by atoms with Crippen molar-refractivity contribution < 1.29 is 5.11 Å². The van der Waals surface area contributed by atoms with Gasteiger partial charge in [-0.25, -0.2) is 0 Å². The van der Waals surface area contributed by atoms with E-state index >= 15 is 0 Å². The molecule has 1 heterocycles. The Labute approximate surface area is 104 Å². The molecule has 0 saturated heterocycles. The van der Waals surface area contributed by atoms with Gasteiger partial charge in [0.2, 0.25) is 0 Å². The average molecular weight is 250 g/mol. The van der Waals surface area contributed by atoms with Crippen molar-refractivity contribution in [1.82, 2.24) is 0 Å². The van der Waals surface area contributed by atoms with Crippen LogP contribution in [-0.2, 0) is 0 Å². The van der Waals surface area contributed by atoms with E-state index in [9.17, 15) is 5.11 Å². The number of thiophene rings is 1. The molecule has 0 unspecified atom stereocenters. The molecule has 0 radical (unpaired) electrons. The van der Waals surface area contributed by atoms with Crippen molar-refractivity contribution in [3.05, 3.63) is 47.3 Å². The molecule has 2 aromatic rings. The molecule has 0 spiro atoms. The highest BCUT2D eigenvalue weighted by Crippen LogP contribution is 2.36. The summed E-state index contributed by atoms with van der Waals surface area (Å²) in [7, 11) is 0. The molecule has 1 atom stereocenters. The van der Waals surface area contributed by atoms with Crippen LogP contribution in [0.15, 0.2) is 50.9 Å². The molecular formula is C13H14OS2. The highest BCUT2D eigenvalue weighted by molar-refractivity contribution is 8.01. The number of benzene rings is 1. The van der Waals surface area contributed by atoms with Gasteiger partial charge in [0.15, 0.2) is 0 Å². The molecule has 1 nitrogen and oxygen atoms in total. The second-order valence-corrected chi connectivity index (χ2v) is 5.79. The number of hydrogen-bond acceptors (Lipinski definition) is 3. The Kier molecular flexibility index (Phi) is 4.04. The lowest BCUT2D eigenvalue weighted by Gasteiger charge is -2.12. The van der Waals surface area contributed by atoms with E-state index in [0.717, 1.165) is 16.9 Å². The van der Waals surface area contributed by atoms with E-state index in [1.807, 2.05) is 31.2 Å². The van der Waals surface area contributed by atoms with Gasteiger partial charge < -0.3 is 5.11 Å². The summed E-state index contributed by atoms with van der Waals surface area (Å²) in [4.78, 5) is 1.15. The molecule has 0 aliphatic carbocycles. The van der Waals surface area contributed by atoms with Crippen LogP contribution in [0.2, 0.25) is 0 Å². The molecule has 0 fully saturated rings. The van der Waals surface area contributed by atoms with Gasteiger partial charge in [-0.3, -0.25) is 0 Å². The maximum Gasteiger partial charge on any atom is 0.0798 e. The Morgan fingerprint density at radius 3 is 2.75 bits per heavy atom. The van der Waals surface area contributed by atoms with E-state index in [4.69, 9.17) is 0 Å². The SMILES string of the molecule is CC[C@H](O)c1ccccc1Sc1cccs1. The molecule has 0 saturated carbocycles. The number of hydrogen-bond donors (Lipinski definition) is 1. The lowest BCUT2D eigenvalue weighted by atomic mass is 10.1. The van der Waals surface area contributed by atoms with E-state index in [1.165, 1.54) is 4.21 Å². The van der Waals surface area contributed by atoms with Gasteiger partial charge >= 0.3 is 0 Å². The third kappa shape index (κ3) is 2.67. The number of aliphatic hydroxyl groups is 1. The van der Waals surface area contributed by atoms with E-state index in [1.54, 1.807) is 23.1 Å². The maximum absolute atomic E-state index is 9.93. The Morgan fingerprint density at radius 2 is 2.06 bits per heavy atom. The van der Waals surface area contributed by atoms with Gasteiger partial charge in [0, 0.05) is 4.90 Å². The molecule has 1 aromatic heterocycles. The highest BCUT2D eigenvalue weighted by atomic mass is 32.2. The van der Waals surface area contributed by atoms with Gasteiger partial charge in [-0.05, 0) is 29.5 Å². The first kappa shape index (κ1) is 11.7. The van der Waals surface area contributed by atoms with E-state index in [-0.39, 0.29) is 6.10 Å². The minimum absolute atomic E-state index is 0.358. The summed E-state index contributed by atoms with van der Waals surface area (Å²) < 4.78 is 1.26. The smallest absolute Gasteiger partial charge is 0.0798 e. The molecule has 0 amide bonds. The fourth-order valence-electron chi connectivity index (χ4n) is 1.50. The van der Waals surface area contributed by atoms with Crippen molar-refractivity contribution in [3.8, 4) is 0 Å². The molecule has 3 heteroatoms. The van der Waals surface area contributed by atoms with Gasteiger partial charge in [0.25, 0.3) is 0 Å². The van der Waals surface area contributed by atoms with Crippen LogP contribution < -0.4 is 0 Å². The fourth-order valence-corrected chi connectivity index (χ4v) is 3.41. The number of aliphatic hydroxyl groups excluding tert-OH is 1. The normalized spacial score (nSPS) is 12.6. The molecular weight excluding hydrogens is 236 g/mol. The van der Waals surface area contributed by atoms with Gasteiger partial charge in [0.1, 0.15) is 0 Å². The van der Waals surface area contributed by atoms with Crippen LogP contribution in [0.25, 0.3) is 0 Å². The second-order valence-electron chi connectivity index (χ2n) is 3.50. The third-order valence-electron chi connectivity index (χ3n) is 2.37. The minimum atomic E-state index is -0.358. The topological polar surface area (TPSA) is 20.2 Å². The largest absolute Gasteiger partial charge is 0.388 e. The summed E-state index contributed by atoms with van der Waals surface area (Å²) in [6, 6.07) is 12.2. The van der Waals surface area contributed by atoms with Gasteiger partial charge in [-0.2, -0.15) is 0 Å². The van der Waals surface area contributed by atoms with Crippen molar-refractivity contribution in [2.75, 3.05) is 0 Å². The quantitative estimate of drug-likeness (QED) is 0.871. The summed E-state index contributed by atoms with van der Waals surface area (Å²) >= 11 is 3.45. The van der Waals surface area contributed by atoms with Crippen molar-refractivity contribution in [3.63, 3.8) is 0 Å². The fraction of sp³-hybridized carbons (Fsp3) is 0.231. The predicted octanol–water partition coefficient (Wildman–Crippen LogP) is 4.34. The summed E-state index contributed by atoms with van der Waals surface area (Å²) in [6.07, 6.45) is 0.394. The van der Waals surface area contributed by atoms with Crippen molar-refractivity contribution in [1.29, 1.82) is 0 Å². The summed E-state index contributed by atoms with van der Waals surface area (Å²) in [5.41, 5.74) is 1.03. The third-order valence-corrected chi connectivity index (χ3v) is 4.50. The Balaban J connectivity index is 2.26. The first-order chi connectivity index (χ1) is 7.81. The molecule has 0 bridgehead atoms.